The van der Waals surface area contributed by atoms with Crippen molar-refractivity contribution >= 4 is 9.84 Å². The SMILES string of the molecule is CCO[C@H](c1ncc(C)cn1)[C@@H](C)S(=O)(=O)Cc1nnc(-c2cccnc2)n1-c1c(C)cccc1OC. The molecule has 4 rings (SSSR count). The molecule has 1 aromatic carbocycles. The maximum Gasteiger partial charge on any atom is 0.170 e. The normalized spacial score (nSPS) is 13.3. The van der Waals surface area contributed by atoms with Gasteiger partial charge in [-0.2, -0.15) is 0 Å². The number of hydrogen-bond acceptors (Lipinski definition) is 9. The third-order valence-electron chi connectivity index (χ3n) is 6.02. The Morgan fingerprint density at radius 1 is 1.03 bits per heavy atom. The Balaban J connectivity index is 1.80. The van der Waals surface area contributed by atoms with Gasteiger partial charge in [0.05, 0.1) is 18.0 Å². The minimum absolute atomic E-state index is 0.248. The first-order chi connectivity index (χ1) is 17.8. The summed E-state index contributed by atoms with van der Waals surface area (Å²) in [6.07, 6.45) is 5.78. The number of aromatic nitrogens is 6. The number of hydrogen-bond donors (Lipinski definition) is 0. The number of nitrogens with zero attached hydrogens (tertiary/aromatic N) is 6. The predicted molar refractivity (Wildman–Crippen MR) is 139 cm³/mol. The monoisotopic (exact) mass is 522 g/mol. The van der Waals surface area contributed by atoms with Gasteiger partial charge in [-0.25, -0.2) is 18.4 Å². The summed E-state index contributed by atoms with van der Waals surface area (Å²) < 4.78 is 40.7. The summed E-state index contributed by atoms with van der Waals surface area (Å²) in [6, 6.07) is 9.25. The van der Waals surface area contributed by atoms with Crippen LogP contribution in [0.5, 0.6) is 5.75 Å². The van der Waals surface area contributed by atoms with Crippen LogP contribution in [0.3, 0.4) is 0 Å². The molecule has 37 heavy (non-hydrogen) atoms. The summed E-state index contributed by atoms with van der Waals surface area (Å²) in [5.41, 5.74) is 3.10. The first-order valence-corrected chi connectivity index (χ1v) is 13.6. The molecule has 0 radical (unpaired) electrons. The van der Waals surface area contributed by atoms with Gasteiger partial charge in [0.25, 0.3) is 0 Å². The van der Waals surface area contributed by atoms with Crippen molar-refractivity contribution < 1.29 is 17.9 Å². The lowest BCUT2D eigenvalue weighted by molar-refractivity contribution is 0.0556. The van der Waals surface area contributed by atoms with E-state index in [9.17, 15) is 8.42 Å². The quantitative estimate of drug-likeness (QED) is 0.306. The van der Waals surface area contributed by atoms with Crippen molar-refractivity contribution in [3.63, 3.8) is 0 Å². The molecule has 4 aromatic rings. The number of para-hydroxylation sites is 1. The number of methoxy groups -OCH3 is 1. The van der Waals surface area contributed by atoms with Crippen LogP contribution in [0.15, 0.2) is 55.1 Å². The molecule has 2 atom stereocenters. The van der Waals surface area contributed by atoms with Crippen molar-refractivity contribution in [3.05, 3.63) is 77.9 Å². The molecule has 0 fully saturated rings. The van der Waals surface area contributed by atoms with Crippen LogP contribution in [-0.2, 0) is 20.3 Å². The van der Waals surface area contributed by atoms with Crippen LogP contribution in [0, 0.1) is 13.8 Å². The van der Waals surface area contributed by atoms with E-state index in [1.807, 2.05) is 45.0 Å². The smallest absolute Gasteiger partial charge is 0.170 e. The zero-order valence-corrected chi connectivity index (χ0v) is 22.3. The van der Waals surface area contributed by atoms with Gasteiger partial charge in [-0.05, 0) is 57.0 Å². The van der Waals surface area contributed by atoms with Crippen molar-refractivity contribution in [1.29, 1.82) is 0 Å². The number of ether oxygens (including phenoxy) is 2. The highest BCUT2D eigenvalue weighted by Crippen LogP contribution is 2.33. The molecule has 10 nitrogen and oxygen atoms in total. The van der Waals surface area contributed by atoms with Crippen LogP contribution in [0.4, 0.5) is 0 Å². The number of aryl methyl sites for hydroxylation is 2. The molecular formula is C26H30N6O4S. The van der Waals surface area contributed by atoms with E-state index in [2.05, 4.69) is 25.1 Å². The van der Waals surface area contributed by atoms with Gasteiger partial charge in [0, 0.05) is 37.0 Å². The van der Waals surface area contributed by atoms with Gasteiger partial charge in [0.15, 0.2) is 27.3 Å². The molecule has 0 N–H and O–H groups in total. The van der Waals surface area contributed by atoms with Gasteiger partial charge in [0.1, 0.15) is 17.6 Å². The van der Waals surface area contributed by atoms with E-state index in [4.69, 9.17) is 9.47 Å². The first kappa shape index (κ1) is 26.4. The number of rotatable bonds is 10. The zero-order valence-electron chi connectivity index (χ0n) is 21.5. The highest BCUT2D eigenvalue weighted by Gasteiger charge is 2.35. The highest BCUT2D eigenvalue weighted by atomic mass is 32.2. The second-order valence-electron chi connectivity index (χ2n) is 8.65. The molecule has 0 aliphatic rings. The van der Waals surface area contributed by atoms with E-state index in [1.54, 1.807) is 49.5 Å². The second kappa shape index (κ2) is 11.1. The fraction of sp³-hybridized carbons (Fsp3) is 0.346. The van der Waals surface area contributed by atoms with Gasteiger partial charge >= 0.3 is 0 Å². The Hall–Kier alpha value is -3.70. The largest absolute Gasteiger partial charge is 0.495 e. The number of pyridine rings is 1. The molecule has 194 valence electrons. The molecule has 0 saturated heterocycles. The summed E-state index contributed by atoms with van der Waals surface area (Å²) in [6.45, 7) is 7.51. The lowest BCUT2D eigenvalue weighted by Gasteiger charge is -2.23. The van der Waals surface area contributed by atoms with Gasteiger partial charge in [-0.15, -0.1) is 10.2 Å². The van der Waals surface area contributed by atoms with Crippen molar-refractivity contribution in [1.82, 2.24) is 29.7 Å². The van der Waals surface area contributed by atoms with Crippen LogP contribution in [0.25, 0.3) is 17.1 Å². The average molecular weight is 523 g/mol. The molecular weight excluding hydrogens is 492 g/mol. The molecule has 3 heterocycles. The standard InChI is InChI=1S/C26H30N6O4S/c1-6-36-24(25-28-13-17(2)14-29-25)19(4)37(33,34)16-22-30-31-26(20-10-8-12-27-15-20)32(22)23-18(3)9-7-11-21(23)35-5/h7-15,19,24H,6,16H2,1-5H3/t19-,24+/m1/s1. The Morgan fingerprint density at radius 2 is 1.78 bits per heavy atom. The maximum atomic E-state index is 13.8. The van der Waals surface area contributed by atoms with E-state index in [0.29, 0.717) is 35.3 Å². The Kier molecular flexibility index (Phi) is 7.94. The topological polar surface area (TPSA) is 122 Å². The molecule has 0 amide bonds. The lowest BCUT2D eigenvalue weighted by atomic mass is 10.1. The molecule has 0 saturated carbocycles. The fourth-order valence-electron chi connectivity index (χ4n) is 4.06. The fourth-order valence-corrected chi connectivity index (χ4v) is 5.45. The third kappa shape index (κ3) is 5.52. The van der Waals surface area contributed by atoms with Crippen LogP contribution < -0.4 is 4.74 Å². The zero-order chi connectivity index (χ0) is 26.6. The van der Waals surface area contributed by atoms with E-state index >= 15 is 0 Å². The first-order valence-electron chi connectivity index (χ1n) is 11.9. The summed E-state index contributed by atoms with van der Waals surface area (Å²) in [5.74, 6) is 1.22. The summed E-state index contributed by atoms with van der Waals surface area (Å²) in [4.78, 5) is 12.8. The maximum absolute atomic E-state index is 13.8. The highest BCUT2D eigenvalue weighted by molar-refractivity contribution is 7.91. The van der Waals surface area contributed by atoms with E-state index in [1.165, 1.54) is 0 Å². The minimum Gasteiger partial charge on any atom is -0.495 e. The van der Waals surface area contributed by atoms with Crippen molar-refractivity contribution in [2.75, 3.05) is 13.7 Å². The Morgan fingerprint density at radius 3 is 2.43 bits per heavy atom. The minimum atomic E-state index is -3.81. The summed E-state index contributed by atoms with van der Waals surface area (Å²) in [7, 11) is -2.24. The average Bonchev–Trinajstić information content (AvgIpc) is 3.30. The van der Waals surface area contributed by atoms with E-state index < -0.39 is 21.2 Å². The van der Waals surface area contributed by atoms with Gasteiger partial charge < -0.3 is 9.47 Å². The van der Waals surface area contributed by atoms with Crippen LogP contribution in [0.1, 0.15) is 42.7 Å². The Labute approximate surface area is 216 Å². The summed E-state index contributed by atoms with van der Waals surface area (Å²) >= 11 is 0. The number of sulfone groups is 1. The van der Waals surface area contributed by atoms with Gasteiger partial charge in [-0.3, -0.25) is 9.55 Å². The summed E-state index contributed by atoms with van der Waals surface area (Å²) in [5, 5.41) is 7.75. The molecule has 0 bridgehead atoms. The molecule has 0 unspecified atom stereocenters. The molecule has 11 heteroatoms. The molecule has 0 aliphatic carbocycles. The van der Waals surface area contributed by atoms with Crippen LogP contribution >= 0.6 is 0 Å². The van der Waals surface area contributed by atoms with Crippen molar-refractivity contribution in [2.24, 2.45) is 0 Å². The van der Waals surface area contributed by atoms with E-state index in [-0.39, 0.29) is 11.6 Å². The second-order valence-corrected chi connectivity index (χ2v) is 11.0. The van der Waals surface area contributed by atoms with Crippen LogP contribution in [-0.4, -0.2) is 57.1 Å². The Bertz CT molecular complexity index is 1460. The van der Waals surface area contributed by atoms with Crippen molar-refractivity contribution in [2.45, 2.75) is 44.8 Å². The molecule has 0 spiro atoms. The van der Waals surface area contributed by atoms with Gasteiger partial charge in [0.2, 0.25) is 0 Å². The molecule has 0 aliphatic heterocycles. The molecule has 3 aromatic heterocycles. The third-order valence-corrected chi connectivity index (χ3v) is 8.06. The van der Waals surface area contributed by atoms with Crippen LogP contribution in [0.2, 0.25) is 0 Å². The predicted octanol–water partition coefficient (Wildman–Crippen LogP) is 3.83. The van der Waals surface area contributed by atoms with Gasteiger partial charge in [-0.1, -0.05) is 12.1 Å². The van der Waals surface area contributed by atoms with E-state index in [0.717, 1.165) is 11.1 Å². The number of benzene rings is 1. The van der Waals surface area contributed by atoms with Crippen molar-refractivity contribution in [3.8, 4) is 22.8 Å². The lowest BCUT2D eigenvalue weighted by Crippen LogP contribution is -2.30.